The van der Waals surface area contributed by atoms with Crippen molar-refractivity contribution in [2.24, 2.45) is 4.99 Å². The molecule has 0 heterocycles. The zero-order chi connectivity index (χ0) is 21.1. The van der Waals surface area contributed by atoms with Gasteiger partial charge in [0.1, 0.15) is 5.75 Å². The van der Waals surface area contributed by atoms with Gasteiger partial charge in [-0.3, -0.25) is 9.79 Å². The number of halogens is 1. The lowest BCUT2D eigenvalue weighted by atomic mass is 10.1. The van der Waals surface area contributed by atoms with Crippen molar-refractivity contribution in [3.05, 3.63) is 64.7 Å². The molecule has 30 heavy (non-hydrogen) atoms. The summed E-state index contributed by atoms with van der Waals surface area (Å²) in [4.78, 5) is 16.4. The number of amides is 1. The van der Waals surface area contributed by atoms with E-state index in [4.69, 9.17) is 4.74 Å². The third-order valence-corrected chi connectivity index (χ3v) is 4.55. The maximum atomic E-state index is 11.8. The average molecular weight is 524 g/mol. The summed E-state index contributed by atoms with van der Waals surface area (Å²) in [5.74, 6) is 1.63. The minimum Gasteiger partial charge on any atom is -0.496 e. The minimum atomic E-state index is -0.0683. The van der Waals surface area contributed by atoms with E-state index in [1.54, 1.807) is 14.2 Å². The molecule has 0 saturated heterocycles. The van der Waals surface area contributed by atoms with Gasteiger partial charge in [0, 0.05) is 32.2 Å². The second-order valence-electron chi connectivity index (χ2n) is 6.78. The molecular weight excluding hydrogens is 491 g/mol. The SMILES string of the molecule is CCNC(=NCCc1cc(C)ccc1OC)NCCc1cccc(C(=O)NC)c1.I. The Morgan fingerprint density at radius 2 is 1.90 bits per heavy atom. The third kappa shape index (κ3) is 8.22. The molecule has 0 fully saturated rings. The zero-order valence-electron chi connectivity index (χ0n) is 18.2. The molecule has 0 bridgehead atoms. The van der Waals surface area contributed by atoms with E-state index in [2.05, 4.69) is 40.0 Å². The molecular formula is C23H33IN4O2. The summed E-state index contributed by atoms with van der Waals surface area (Å²) in [6.07, 6.45) is 1.62. The van der Waals surface area contributed by atoms with E-state index < -0.39 is 0 Å². The number of nitrogens with zero attached hydrogens (tertiary/aromatic N) is 1. The van der Waals surface area contributed by atoms with Crippen molar-refractivity contribution >= 4 is 35.8 Å². The van der Waals surface area contributed by atoms with Crippen LogP contribution in [-0.4, -0.2) is 45.7 Å². The van der Waals surface area contributed by atoms with Crippen molar-refractivity contribution < 1.29 is 9.53 Å². The Morgan fingerprint density at radius 1 is 1.10 bits per heavy atom. The normalized spacial score (nSPS) is 10.7. The summed E-state index contributed by atoms with van der Waals surface area (Å²) in [6.45, 7) is 6.33. The molecule has 164 valence electrons. The highest BCUT2D eigenvalue weighted by atomic mass is 127. The summed E-state index contributed by atoms with van der Waals surface area (Å²) in [6, 6.07) is 13.9. The number of methoxy groups -OCH3 is 1. The molecule has 0 aliphatic rings. The number of hydrogen-bond acceptors (Lipinski definition) is 3. The number of nitrogens with one attached hydrogen (secondary N) is 3. The fourth-order valence-corrected chi connectivity index (χ4v) is 3.07. The molecule has 2 rings (SSSR count). The highest BCUT2D eigenvalue weighted by molar-refractivity contribution is 14.0. The van der Waals surface area contributed by atoms with E-state index >= 15 is 0 Å². The largest absolute Gasteiger partial charge is 0.496 e. The van der Waals surface area contributed by atoms with E-state index in [1.807, 2.05) is 37.3 Å². The number of guanidine groups is 1. The van der Waals surface area contributed by atoms with Crippen LogP contribution in [0.1, 0.15) is 34.0 Å². The van der Waals surface area contributed by atoms with Crippen molar-refractivity contribution in [3.63, 3.8) is 0 Å². The van der Waals surface area contributed by atoms with Gasteiger partial charge < -0.3 is 20.7 Å². The summed E-state index contributed by atoms with van der Waals surface area (Å²) >= 11 is 0. The Hall–Kier alpha value is -2.29. The second kappa shape index (κ2) is 13.8. The average Bonchev–Trinajstić information content (AvgIpc) is 2.73. The van der Waals surface area contributed by atoms with Crippen LogP contribution >= 0.6 is 24.0 Å². The van der Waals surface area contributed by atoms with Crippen LogP contribution in [0.5, 0.6) is 5.75 Å². The van der Waals surface area contributed by atoms with Gasteiger partial charge in [-0.25, -0.2) is 0 Å². The smallest absolute Gasteiger partial charge is 0.251 e. The first-order valence-electron chi connectivity index (χ1n) is 10.0. The topological polar surface area (TPSA) is 74.8 Å². The van der Waals surface area contributed by atoms with Crippen molar-refractivity contribution in [1.82, 2.24) is 16.0 Å². The first-order valence-corrected chi connectivity index (χ1v) is 10.0. The lowest BCUT2D eigenvalue weighted by molar-refractivity contribution is 0.0963. The Morgan fingerprint density at radius 3 is 2.60 bits per heavy atom. The van der Waals surface area contributed by atoms with Gasteiger partial charge in [0.05, 0.1) is 7.11 Å². The lowest BCUT2D eigenvalue weighted by Gasteiger charge is -2.12. The van der Waals surface area contributed by atoms with Gasteiger partial charge in [0.2, 0.25) is 0 Å². The number of carbonyl (C=O) groups excluding carboxylic acids is 1. The van der Waals surface area contributed by atoms with Crippen molar-refractivity contribution in [1.29, 1.82) is 0 Å². The van der Waals surface area contributed by atoms with Crippen LogP contribution in [0.3, 0.4) is 0 Å². The van der Waals surface area contributed by atoms with Crippen molar-refractivity contribution in [2.75, 3.05) is 33.8 Å². The molecule has 2 aromatic carbocycles. The second-order valence-corrected chi connectivity index (χ2v) is 6.78. The molecule has 0 spiro atoms. The number of hydrogen-bond donors (Lipinski definition) is 3. The highest BCUT2D eigenvalue weighted by Gasteiger charge is 2.05. The van der Waals surface area contributed by atoms with Gasteiger partial charge in [0.25, 0.3) is 5.91 Å². The van der Waals surface area contributed by atoms with E-state index in [0.717, 1.165) is 48.8 Å². The number of ether oxygens (including phenoxy) is 1. The van der Waals surface area contributed by atoms with Crippen LogP contribution in [0.15, 0.2) is 47.5 Å². The quantitative estimate of drug-likeness (QED) is 0.268. The van der Waals surface area contributed by atoms with Crippen LogP contribution in [0, 0.1) is 6.92 Å². The third-order valence-electron chi connectivity index (χ3n) is 4.55. The van der Waals surface area contributed by atoms with Gasteiger partial charge in [-0.05, 0) is 56.0 Å². The van der Waals surface area contributed by atoms with Crippen LogP contribution < -0.4 is 20.7 Å². The van der Waals surface area contributed by atoms with Gasteiger partial charge in [-0.1, -0.05) is 29.8 Å². The maximum absolute atomic E-state index is 11.8. The van der Waals surface area contributed by atoms with Gasteiger partial charge in [0.15, 0.2) is 5.96 Å². The minimum absolute atomic E-state index is 0. The molecule has 0 aliphatic heterocycles. The number of rotatable bonds is 9. The maximum Gasteiger partial charge on any atom is 0.251 e. The summed E-state index contributed by atoms with van der Waals surface area (Å²) < 4.78 is 5.45. The number of benzene rings is 2. The fourth-order valence-electron chi connectivity index (χ4n) is 3.07. The molecule has 6 nitrogen and oxygen atoms in total. The predicted octanol–water partition coefficient (Wildman–Crippen LogP) is 3.32. The summed E-state index contributed by atoms with van der Waals surface area (Å²) in [5, 5.41) is 9.30. The van der Waals surface area contributed by atoms with Crippen LogP contribution in [0.2, 0.25) is 0 Å². The first-order chi connectivity index (χ1) is 14.1. The lowest BCUT2D eigenvalue weighted by Crippen LogP contribution is -2.38. The highest BCUT2D eigenvalue weighted by Crippen LogP contribution is 2.20. The van der Waals surface area contributed by atoms with Gasteiger partial charge >= 0.3 is 0 Å². The van der Waals surface area contributed by atoms with Gasteiger partial charge in [-0.15, -0.1) is 24.0 Å². The van der Waals surface area contributed by atoms with E-state index in [9.17, 15) is 4.79 Å². The molecule has 0 atom stereocenters. The molecule has 0 saturated carbocycles. The van der Waals surface area contributed by atoms with Crippen molar-refractivity contribution in [2.45, 2.75) is 26.7 Å². The Labute approximate surface area is 196 Å². The molecule has 7 heteroatoms. The monoisotopic (exact) mass is 524 g/mol. The summed E-state index contributed by atoms with van der Waals surface area (Å²) in [5.41, 5.74) is 4.17. The van der Waals surface area contributed by atoms with Crippen LogP contribution in [0.4, 0.5) is 0 Å². The zero-order valence-corrected chi connectivity index (χ0v) is 20.6. The standard InChI is InChI=1S/C23H32N4O2.HI/c1-5-25-23(27-14-12-19-15-17(2)9-10-21(19)29-4)26-13-11-18-7-6-8-20(16-18)22(28)24-3;/h6-10,15-16H,5,11-14H2,1-4H3,(H,24,28)(H2,25,26,27);1H. The Bertz CT molecular complexity index is 840. The Kier molecular flexibility index (Phi) is 11.9. The van der Waals surface area contributed by atoms with Gasteiger partial charge in [-0.2, -0.15) is 0 Å². The molecule has 0 radical (unpaired) electrons. The van der Waals surface area contributed by atoms with Crippen LogP contribution in [-0.2, 0) is 12.8 Å². The molecule has 2 aromatic rings. The fraction of sp³-hybridized carbons (Fsp3) is 0.391. The summed E-state index contributed by atoms with van der Waals surface area (Å²) in [7, 11) is 3.34. The van der Waals surface area contributed by atoms with E-state index in [1.165, 1.54) is 5.56 Å². The van der Waals surface area contributed by atoms with Crippen LogP contribution in [0.25, 0.3) is 0 Å². The molecule has 0 unspecified atom stereocenters. The molecule has 0 aromatic heterocycles. The number of aryl methyl sites for hydroxylation is 1. The molecule has 0 aliphatic carbocycles. The molecule has 1 amide bonds. The number of aliphatic imine (C=N–C) groups is 1. The Balaban J connectivity index is 0.00000450. The van der Waals surface area contributed by atoms with Crippen molar-refractivity contribution in [3.8, 4) is 5.75 Å². The molecule has 3 N–H and O–H groups in total. The number of carbonyl (C=O) groups is 1. The predicted molar refractivity (Wildman–Crippen MR) is 134 cm³/mol. The van der Waals surface area contributed by atoms with E-state index in [0.29, 0.717) is 12.1 Å². The van der Waals surface area contributed by atoms with E-state index in [-0.39, 0.29) is 29.9 Å². The first kappa shape index (κ1) is 25.7.